The van der Waals surface area contributed by atoms with E-state index in [1.807, 2.05) is 6.92 Å². The number of carboxylic acids is 1. The number of carboxylic acid groups (broad SMARTS) is 1. The van der Waals surface area contributed by atoms with E-state index in [1.165, 1.54) is 0 Å². The average Bonchev–Trinajstić information content (AvgIpc) is 2.10. The molecule has 0 heterocycles. The summed E-state index contributed by atoms with van der Waals surface area (Å²) in [7, 11) is 0. The molecule has 0 fully saturated rings. The molecular weight excluding hydrogens is 190 g/mol. The van der Waals surface area contributed by atoms with Crippen molar-refractivity contribution in [2.45, 2.75) is 47.1 Å². The van der Waals surface area contributed by atoms with E-state index in [0.29, 0.717) is 24.2 Å². The lowest BCUT2D eigenvalue weighted by Gasteiger charge is -2.26. The molecule has 90 valence electrons. The molecule has 0 bridgehead atoms. The van der Waals surface area contributed by atoms with E-state index < -0.39 is 12.0 Å². The van der Waals surface area contributed by atoms with Gasteiger partial charge in [0.25, 0.3) is 0 Å². The number of rotatable bonds is 7. The van der Waals surface area contributed by atoms with Gasteiger partial charge in [-0.3, -0.25) is 4.79 Å². The molecule has 2 N–H and O–H groups in total. The standard InChI is InChI=1S/C12H25NO2/c1-6-11(12(14)15)13-7-10(8(2)3)9(4)5/h8-11,13H,6-7H2,1-5H3,(H,14,15). The van der Waals surface area contributed by atoms with E-state index in [1.54, 1.807) is 0 Å². The third-order valence-electron chi connectivity index (χ3n) is 3.02. The Hall–Kier alpha value is -0.570. The van der Waals surface area contributed by atoms with Crippen LogP contribution in [0.4, 0.5) is 0 Å². The molecule has 3 nitrogen and oxygen atoms in total. The molecule has 0 aromatic heterocycles. The largest absolute Gasteiger partial charge is 0.480 e. The second-order valence-corrected chi connectivity index (χ2v) is 4.86. The maximum atomic E-state index is 10.8. The first-order valence-corrected chi connectivity index (χ1v) is 5.86. The Morgan fingerprint density at radius 1 is 1.20 bits per heavy atom. The van der Waals surface area contributed by atoms with Crippen LogP contribution >= 0.6 is 0 Å². The minimum absolute atomic E-state index is 0.398. The predicted molar refractivity (Wildman–Crippen MR) is 62.9 cm³/mol. The van der Waals surface area contributed by atoms with Crippen molar-refractivity contribution >= 4 is 5.97 Å². The van der Waals surface area contributed by atoms with Crippen molar-refractivity contribution in [3.05, 3.63) is 0 Å². The fourth-order valence-corrected chi connectivity index (χ4v) is 1.93. The van der Waals surface area contributed by atoms with Crippen molar-refractivity contribution in [2.24, 2.45) is 17.8 Å². The molecule has 0 spiro atoms. The van der Waals surface area contributed by atoms with Gasteiger partial charge in [0.2, 0.25) is 0 Å². The summed E-state index contributed by atoms with van der Waals surface area (Å²) in [4.78, 5) is 10.8. The number of nitrogens with one attached hydrogen (secondary N) is 1. The molecule has 0 saturated heterocycles. The first-order chi connectivity index (χ1) is 6.90. The second-order valence-electron chi connectivity index (χ2n) is 4.86. The van der Waals surface area contributed by atoms with E-state index in [-0.39, 0.29) is 0 Å². The topological polar surface area (TPSA) is 49.3 Å². The average molecular weight is 215 g/mol. The van der Waals surface area contributed by atoms with Crippen LogP contribution in [0.1, 0.15) is 41.0 Å². The number of carbonyl (C=O) groups is 1. The van der Waals surface area contributed by atoms with Gasteiger partial charge >= 0.3 is 5.97 Å². The van der Waals surface area contributed by atoms with Gasteiger partial charge in [0.05, 0.1) is 0 Å². The van der Waals surface area contributed by atoms with E-state index in [4.69, 9.17) is 5.11 Å². The van der Waals surface area contributed by atoms with Gasteiger partial charge in [-0.25, -0.2) is 0 Å². The fourth-order valence-electron chi connectivity index (χ4n) is 1.93. The first kappa shape index (κ1) is 14.4. The van der Waals surface area contributed by atoms with Gasteiger partial charge in [0.15, 0.2) is 0 Å². The zero-order valence-electron chi connectivity index (χ0n) is 10.6. The summed E-state index contributed by atoms with van der Waals surface area (Å²) < 4.78 is 0. The van der Waals surface area contributed by atoms with E-state index in [2.05, 4.69) is 33.0 Å². The maximum absolute atomic E-state index is 10.8. The van der Waals surface area contributed by atoms with Crippen molar-refractivity contribution in [1.82, 2.24) is 5.32 Å². The van der Waals surface area contributed by atoms with Crippen LogP contribution in [0.2, 0.25) is 0 Å². The Labute approximate surface area is 93.3 Å². The highest BCUT2D eigenvalue weighted by molar-refractivity contribution is 5.73. The number of hydrogen-bond acceptors (Lipinski definition) is 2. The molecule has 0 aliphatic rings. The molecule has 15 heavy (non-hydrogen) atoms. The normalized spacial score (nSPS) is 13.9. The molecule has 0 aromatic carbocycles. The van der Waals surface area contributed by atoms with Crippen LogP contribution in [0.15, 0.2) is 0 Å². The predicted octanol–water partition coefficient (Wildman–Crippen LogP) is 2.37. The molecule has 0 aliphatic carbocycles. The molecular formula is C12H25NO2. The van der Waals surface area contributed by atoms with Crippen LogP contribution < -0.4 is 5.32 Å². The summed E-state index contributed by atoms with van der Waals surface area (Å²) in [6.45, 7) is 11.4. The van der Waals surface area contributed by atoms with Crippen LogP contribution in [-0.4, -0.2) is 23.7 Å². The second kappa shape index (κ2) is 6.83. The summed E-state index contributed by atoms with van der Waals surface area (Å²) in [6, 6.07) is -0.398. The molecule has 0 amide bonds. The lowest BCUT2D eigenvalue weighted by molar-refractivity contribution is -0.139. The number of hydrogen-bond donors (Lipinski definition) is 2. The third-order valence-corrected chi connectivity index (χ3v) is 3.02. The summed E-state index contributed by atoms with van der Waals surface area (Å²) in [5.74, 6) is 0.967. The van der Waals surface area contributed by atoms with Crippen molar-refractivity contribution in [3.8, 4) is 0 Å². The summed E-state index contributed by atoms with van der Waals surface area (Å²) in [5.41, 5.74) is 0. The van der Waals surface area contributed by atoms with Gasteiger partial charge in [-0.15, -0.1) is 0 Å². The monoisotopic (exact) mass is 215 g/mol. The highest BCUT2D eigenvalue weighted by Gasteiger charge is 2.20. The summed E-state index contributed by atoms with van der Waals surface area (Å²) in [6.07, 6.45) is 0.637. The minimum Gasteiger partial charge on any atom is -0.480 e. The lowest BCUT2D eigenvalue weighted by Crippen LogP contribution is -2.41. The van der Waals surface area contributed by atoms with E-state index >= 15 is 0 Å². The van der Waals surface area contributed by atoms with Crippen molar-refractivity contribution in [3.63, 3.8) is 0 Å². The minimum atomic E-state index is -0.747. The quantitative estimate of drug-likeness (QED) is 0.685. The van der Waals surface area contributed by atoms with Crippen LogP contribution in [0, 0.1) is 17.8 Å². The Balaban J connectivity index is 4.14. The van der Waals surface area contributed by atoms with Crippen LogP contribution in [0.5, 0.6) is 0 Å². The van der Waals surface area contributed by atoms with Crippen molar-refractivity contribution in [2.75, 3.05) is 6.54 Å². The van der Waals surface area contributed by atoms with Gasteiger partial charge in [-0.2, -0.15) is 0 Å². The zero-order valence-corrected chi connectivity index (χ0v) is 10.6. The van der Waals surface area contributed by atoms with Gasteiger partial charge in [-0.1, -0.05) is 34.6 Å². The Bertz CT molecular complexity index is 182. The number of aliphatic carboxylic acids is 1. The maximum Gasteiger partial charge on any atom is 0.320 e. The molecule has 0 aromatic rings. The molecule has 3 heteroatoms. The van der Waals surface area contributed by atoms with Crippen molar-refractivity contribution in [1.29, 1.82) is 0 Å². The van der Waals surface area contributed by atoms with E-state index in [9.17, 15) is 4.79 Å². The third kappa shape index (κ3) is 5.17. The van der Waals surface area contributed by atoms with Gasteiger partial charge in [0, 0.05) is 0 Å². The Morgan fingerprint density at radius 2 is 1.67 bits per heavy atom. The molecule has 0 rings (SSSR count). The molecule has 0 saturated carbocycles. The highest BCUT2D eigenvalue weighted by Crippen LogP contribution is 2.19. The lowest BCUT2D eigenvalue weighted by atomic mass is 9.85. The molecule has 1 unspecified atom stereocenters. The van der Waals surface area contributed by atoms with Crippen LogP contribution in [0.25, 0.3) is 0 Å². The highest BCUT2D eigenvalue weighted by atomic mass is 16.4. The van der Waals surface area contributed by atoms with Crippen molar-refractivity contribution < 1.29 is 9.90 Å². The SMILES string of the molecule is CCC(NCC(C(C)C)C(C)C)C(=O)O. The smallest absolute Gasteiger partial charge is 0.320 e. The first-order valence-electron chi connectivity index (χ1n) is 5.86. The van der Waals surface area contributed by atoms with Crippen LogP contribution in [0.3, 0.4) is 0 Å². The summed E-state index contributed by atoms with van der Waals surface area (Å²) >= 11 is 0. The van der Waals surface area contributed by atoms with Gasteiger partial charge in [0.1, 0.15) is 6.04 Å². The summed E-state index contributed by atoms with van der Waals surface area (Å²) in [5, 5.41) is 12.0. The van der Waals surface area contributed by atoms with Crippen LogP contribution in [-0.2, 0) is 4.79 Å². The van der Waals surface area contributed by atoms with Gasteiger partial charge < -0.3 is 10.4 Å². The molecule has 0 aliphatic heterocycles. The Kier molecular flexibility index (Phi) is 6.57. The molecule has 1 atom stereocenters. The zero-order chi connectivity index (χ0) is 12.0. The molecule has 0 radical (unpaired) electrons. The van der Waals surface area contributed by atoms with Gasteiger partial charge in [-0.05, 0) is 30.7 Å². The fraction of sp³-hybridized carbons (Fsp3) is 0.917. The Morgan fingerprint density at radius 3 is 1.93 bits per heavy atom. The van der Waals surface area contributed by atoms with E-state index in [0.717, 1.165) is 6.54 Å².